The Morgan fingerprint density at radius 2 is 1.98 bits per heavy atom. The zero-order valence-electron chi connectivity index (χ0n) is 30.3. The number of likely N-dealkylation sites (tertiary alicyclic amines) is 1. The fourth-order valence-corrected chi connectivity index (χ4v) is 9.11. The number of piperazine rings is 1. The second-order valence-electron chi connectivity index (χ2n) is 14.8. The smallest absolute Gasteiger partial charge is 0.319 e. The van der Waals surface area contributed by atoms with E-state index in [0.29, 0.717) is 59.8 Å². The highest BCUT2D eigenvalue weighted by Gasteiger charge is 2.49. The molecule has 4 saturated heterocycles. The minimum Gasteiger partial charge on any atom is -0.461 e. The van der Waals surface area contributed by atoms with Crippen LogP contribution in [-0.2, 0) is 9.53 Å². The van der Waals surface area contributed by atoms with Crippen molar-refractivity contribution in [1.29, 1.82) is 5.26 Å². The molecule has 4 fully saturated rings. The highest BCUT2D eigenvalue weighted by Crippen LogP contribution is 2.41. The Morgan fingerprint density at radius 1 is 1.13 bits per heavy atom. The van der Waals surface area contributed by atoms with Gasteiger partial charge in [0, 0.05) is 87.6 Å². The second kappa shape index (κ2) is 15.3. The van der Waals surface area contributed by atoms with Crippen molar-refractivity contribution in [1.82, 2.24) is 29.7 Å². The largest absolute Gasteiger partial charge is 0.461 e. The lowest BCUT2D eigenvalue weighted by Crippen LogP contribution is -2.55. The summed E-state index contributed by atoms with van der Waals surface area (Å²) >= 11 is 6.64. The van der Waals surface area contributed by atoms with Crippen LogP contribution >= 0.6 is 11.6 Å². The number of nitrogens with zero attached hydrogens (tertiary/aromatic N) is 8. The first-order valence-electron chi connectivity index (χ1n) is 18.7. The molecule has 0 radical (unpaired) electrons. The highest BCUT2D eigenvalue weighted by molar-refractivity contribution is 6.36. The maximum Gasteiger partial charge on any atom is 0.319 e. The number of benzene rings is 2. The molecule has 4 aliphatic rings. The van der Waals surface area contributed by atoms with Crippen molar-refractivity contribution in [3.8, 4) is 23.3 Å². The second-order valence-corrected chi connectivity index (χ2v) is 15.2. The Labute approximate surface area is 318 Å². The van der Waals surface area contributed by atoms with Crippen LogP contribution in [0.4, 0.5) is 14.6 Å². The third kappa shape index (κ3) is 6.96. The molecule has 0 aliphatic carbocycles. The molecule has 0 bridgehead atoms. The maximum absolute atomic E-state index is 16.9. The molecule has 0 spiro atoms. The minimum absolute atomic E-state index is 0.0236. The summed E-state index contributed by atoms with van der Waals surface area (Å²) in [5.41, 5.74) is 0.176. The van der Waals surface area contributed by atoms with E-state index < -0.39 is 23.6 Å². The summed E-state index contributed by atoms with van der Waals surface area (Å²) in [6.45, 7) is 4.70. The molecule has 1 amide bonds. The van der Waals surface area contributed by atoms with Gasteiger partial charge in [0.2, 0.25) is 5.91 Å². The Morgan fingerprint density at radius 3 is 2.80 bits per heavy atom. The summed E-state index contributed by atoms with van der Waals surface area (Å²) < 4.78 is 43.3. The molecule has 0 unspecified atom stereocenters. The van der Waals surface area contributed by atoms with E-state index in [-0.39, 0.29) is 48.8 Å². The SMILES string of the molecule is CO[C@H]1CCN(C/C=C/C(=O)N2CCN(c3nc(OC[C@@]45CCCN4C[C@H](F)C5)nc4c(F)c(-c5cccc6cccc(Cl)c56)ncc34)C[C@@H]2CC#N)C1. The number of ether oxygens (including phenoxy) is 2. The van der Waals surface area contributed by atoms with Crippen molar-refractivity contribution >= 4 is 45.0 Å². The molecule has 2 aromatic heterocycles. The van der Waals surface area contributed by atoms with E-state index in [2.05, 4.69) is 25.8 Å². The predicted molar refractivity (Wildman–Crippen MR) is 203 cm³/mol. The van der Waals surface area contributed by atoms with E-state index >= 15 is 4.39 Å². The third-order valence-corrected chi connectivity index (χ3v) is 11.9. The number of hydrogen-bond donors (Lipinski definition) is 0. The van der Waals surface area contributed by atoms with E-state index in [0.717, 1.165) is 44.3 Å². The normalized spacial score (nSPS) is 24.9. The summed E-state index contributed by atoms with van der Waals surface area (Å²) in [4.78, 5) is 35.6. The van der Waals surface area contributed by atoms with Gasteiger partial charge in [-0.2, -0.15) is 15.2 Å². The fraction of sp³-hybridized carbons (Fsp3) is 0.475. The van der Waals surface area contributed by atoms with Crippen LogP contribution in [0, 0.1) is 17.1 Å². The van der Waals surface area contributed by atoms with Gasteiger partial charge in [0.15, 0.2) is 5.82 Å². The molecule has 2 aromatic carbocycles. The number of pyridine rings is 1. The number of alkyl halides is 1. The molecule has 282 valence electrons. The summed E-state index contributed by atoms with van der Waals surface area (Å²) in [6.07, 6.45) is 7.47. The zero-order chi connectivity index (χ0) is 37.4. The molecule has 4 aromatic rings. The topological polar surface area (TPSA) is 111 Å². The lowest BCUT2D eigenvalue weighted by atomic mass is 9.95. The van der Waals surface area contributed by atoms with Crippen molar-refractivity contribution in [3.63, 3.8) is 0 Å². The van der Waals surface area contributed by atoms with E-state index in [4.69, 9.17) is 26.1 Å². The number of fused-ring (bicyclic) bond motifs is 3. The van der Waals surface area contributed by atoms with Gasteiger partial charge in [-0.25, -0.2) is 8.78 Å². The lowest BCUT2D eigenvalue weighted by Gasteiger charge is -2.41. The number of hydrogen-bond acceptors (Lipinski definition) is 10. The summed E-state index contributed by atoms with van der Waals surface area (Å²) in [7, 11) is 1.72. The van der Waals surface area contributed by atoms with Gasteiger partial charge in [-0.3, -0.25) is 19.6 Å². The van der Waals surface area contributed by atoms with Gasteiger partial charge < -0.3 is 19.3 Å². The molecule has 14 heteroatoms. The standard InChI is InChI=1S/C40H43ClF2N8O3/c1-53-29-12-17-48(24-29)15-4-10-33(52)51-19-18-49(23-28(51)11-14-44)38-31-21-45-36(30-8-2-6-26-7-3-9-32(41)34(26)30)35(43)37(31)46-39(47-38)54-25-40-13-5-16-50(40)22-27(42)20-40/h2-4,6-10,21,27-29H,5,11-13,15-20,22-25H2,1H3/b10-4+/t27-,28+,29+,40+/m1/s1. The number of nitriles is 1. The molecule has 4 atom stereocenters. The number of carbonyl (C=O) groups is 1. The molecule has 4 aliphatic heterocycles. The number of aromatic nitrogens is 3. The Hall–Kier alpha value is -4.48. The number of methoxy groups -OCH3 is 1. The highest BCUT2D eigenvalue weighted by atomic mass is 35.5. The van der Waals surface area contributed by atoms with Crippen LogP contribution in [0.2, 0.25) is 5.02 Å². The van der Waals surface area contributed by atoms with Gasteiger partial charge in [0.1, 0.15) is 29.8 Å². The van der Waals surface area contributed by atoms with Crippen molar-refractivity contribution in [2.45, 2.75) is 56.0 Å². The van der Waals surface area contributed by atoms with Crippen LogP contribution in [0.15, 0.2) is 54.7 Å². The number of carbonyl (C=O) groups excluding carboxylic acids is 1. The molecule has 0 N–H and O–H groups in total. The first-order valence-corrected chi connectivity index (χ1v) is 19.0. The summed E-state index contributed by atoms with van der Waals surface area (Å²) in [5.74, 6) is -0.420. The molecule has 11 nitrogen and oxygen atoms in total. The average Bonchev–Trinajstić information content (AvgIpc) is 3.88. The van der Waals surface area contributed by atoms with Crippen LogP contribution in [0.5, 0.6) is 6.01 Å². The fourth-order valence-electron chi connectivity index (χ4n) is 8.83. The minimum atomic E-state index is -0.935. The number of halogens is 3. The Balaban J connectivity index is 1.12. The van der Waals surface area contributed by atoms with E-state index in [1.165, 1.54) is 0 Å². The molecular formula is C40H43ClF2N8O3. The molecule has 6 heterocycles. The quantitative estimate of drug-likeness (QED) is 0.184. The van der Waals surface area contributed by atoms with Crippen LogP contribution in [0.1, 0.15) is 32.1 Å². The first kappa shape index (κ1) is 36.5. The van der Waals surface area contributed by atoms with E-state index in [9.17, 15) is 14.4 Å². The first-order chi connectivity index (χ1) is 26.3. The van der Waals surface area contributed by atoms with Gasteiger partial charge in [-0.1, -0.05) is 48.0 Å². The summed E-state index contributed by atoms with van der Waals surface area (Å²) in [5, 5.41) is 12.2. The van der Waals surface area contributed by atoms with Crippen LogP contribution in [-0.4, -0.2) is 125 Å². The van der Waals surface area contributed by atoms with Crippen molar-refractivity contribution < 1.29 is 23.0 Å². The van der Waals surface area contributed by atoms with Crippen LogP contribution < -0.4 is 9.64 Å². The van der Waals surface area contributed by atoms with Gasteiger partial charge in [0.25, 0.3) is 0 Å². The van der Waals surface area contributed by atoms with Crippen molar-refractivity contribution in [2.75, 3.05) is 71.0 Å². The van der Waals surface area contributed by atoms with Crippen molar-refractivity contribution in [3.05, 3.63) is 65.6 Å². The maximum atomic E-state index is 16.9. The predicted octanol–water partition coefficient (Wildman–Crippen LogP) is 5.80. The Kier molecular flexibility index (Phi) is 10.4. The van der Waals surface area contributed by atoms with Gasteiger partial charge in [-0.15, -0.1) is 0 Å². The summed E-state index contributed by atoms with van der Waals surface area (Å²) in [6, 6.07) is 12.8. The van der Waals surface area contributed by atoms with Crippen LogP contribution in [0.25, 0.3) is 32.9 Å². The van der Waals surface area contributed by atoms with E-state index in [1.807, 2.05) is 35.2 Å². The van der Waals surface area contributed by atoms with Gasteiger partial charge >= 0.3 is 6.01 Å². The lowest BCUT2D eigenvalue weighted by molar-refractivity contribution is -0.128. The molecule has 0 saturated carbocycles. The van der Waals surface area contributed by atoms with Gasteiger partial charge in [0.05, 0.1) is 35.6 Å². The van der Waals surface area contributed by atoms with Crippen LogP contribution in [0.3, 0.4) is 0 Å². The Bertz CT molecular complexity index is 2130. The van der Waals surface area contributed by atoms with Crippen molar-refractivity contribution in [2.24, 2.45) is 0 Å². The zero-order valence-corrected chi connectivity index (χ0v) is 31.0. The molecule has 54 heavy (non-hydrogen) atoms. The molecular weight excluding hydrogens is 714 g/mol. The third-order valence-electron chi connectivity index (χ3n) is 11.6. The number of rotatable bonds is 10. The molecule has 8 rings (SSSR count). The van der Waals surface area contributed by atoms with E-state index in [1.54, 1.807) is 36.4 Å². The average molecular weight is 757 g/mol. The monoisotopic (exact) mass is 756 g/mol. The number of amides is 1. The van der Waals surface area contributed by atoms with Gasteiger partial charge in [-0.05, 0) is 37.3 Å². The number of anilines is 1.